The molecule has 0 saturated heterocycles. The van der Waals surface area contributed by atoms with Gasteiger partial charge in [0.15, 0.2) is 11.6 Å². The van der Waals surface area contributed by atoms with Gasteiger partial charge < -0.3 is 4.42 Å². The molecule has 7 aromatic carbocycles. The lowest BCUT2D eigenvalue weighted by molar-refractivity contribution is 0.669. The van der Waals surface area contributed by atoms with Crippen LogP contribution in [-0.4, -0.2) is 19.5 Å². The Kier molecular flexibility index (Phi) is 6.42. The van der Waals surface area contributed by atoms with Crippen molar-refractivity contribution in [2.24, 2.45) is 0 Å². The third-order valence-electron chi connectivity index (χ3n) is 9.48. The van der Waals surface area contributed by atoms with E-state index in [1.807, 2.05) is 66.7 Å². The van der Waals surface area contributed by atoms with Gasteiger partial charge in [0.05, 0.1) is 11.0 Å². The summed E-state index contributed by atoms with van der Waals surface area (Å²) < 4.78 is 8.44. The van der Waals surface area contributed by atoms with Crippen LogP contribution in [0.25, 0.3) is 94.7 Å². The molecule has 0 bridgehead atoms. The van der Waals surface area contributed by atoms with Crippen molar-refractivity contribution < 1.29 is 4.42 Å². The van der Waals surface area contributed by atoms with E-state index in [2.05, 4.69) is 108 Å². The molecule has 5 heteroatoms. The third-order valence-corrected chi connectivity index (χ3v) is 9.48. The second-order valence-electron chi connectivity index (χ2n) is 12.5. The van der Waals surface area contributed by atoms with Crippen LogP contribution in [0.5, 0.6) is 0 Å². The van der Waals surface area contributed by atoms with Gasteiger partial charge in [0.1, 0.15) is 11.2 Å². The molecular weight excluding hydrogens is 613 g/mol. The van der Waals surface area contributed by atoms with Gasteiger partial charge in [-0.1, -0.05) is 140 Å². The van der Waals surface area contributed by atoms with Crippen molar-refractivity contribution in [3.05, 3.63) is 170 Å². The number of para-hydroxylation sites is 2. The molecule has 0 spiro atoms. The van der Waals surface area contributed by atoms with E-state index in [-0.39, 0.29) is 0 Å². The molecule has 0 aliphatic rings. The maximum atomic E-state index is 6.26. The van der Waals surface area contributed by atoms with Gasteiger partial charge in [-0.2, -0.15) is 9.97 Å². The van der Waals surface area contributed by atoms with E-state index in [1.54, 1.807) is 0 Å². The average Bonchev–Trinajstić information content (AvgIpc) is 3.74. The topological polar surface area (TPSA) is 56.7 Å². The van der Waals surface area contributed by atoms with E-state index in [0.29, 0.717) is 17.6 Å². The number of rotatable bonds is 5. The van der Waals surface area contributed by atoms with Crippen LogP contribution in [0.1, 0.15) is 0 Å². The van der Waals surface area contributed by atoms with Crippen molar-refractivity contribution in [3.63, 3.8) is 0 Å². The SMILES string of the molecule is c1ccc(-c2cccc(-c3ccc4c5ccccc5n(-c5nc(-c6ccccc6)nc(-c6cccc7oc8ccccc8c67)n5)c4c3)c2)cc1. The molecule has 3 heterocycles. The zero-order valence-corrected chi connectivity index (χ0v) is 26.9. The zero-order valence-electron chi connectivity index (χ0n) is 26.9. The summed E-state index contributed by atoms with van der Waals surface area (Å²) >= 11 is 0. The molecule has 10 rings (SSSR count). The van der Waals surface area contributed by atoms with Crippen LogP contribution in [0.15, 0.2) is 174 Å². The first kappa shape index (κ1) is 28.2. The summed E-state index contributed by atoms with van der Waals surface area (Å²) in [7, 11) is 0. The highest BCUT2D eigenvalue weighted by Crippen LogP contribution is 2.38. The fraction of sp³-hybridized carbons (Fsp3) is 0. The average molecular weight is 641 g/mol. The van der Waals surface area contributed by atoms with Gasteiger partial charge in [0.2, 0.25) is 5.95 Å². The van der Waals surface area contributed by atoms with Crippen LogP contribution in [0.4, 0.5) is 0 Å². The molecule has 0 N–H and O–H groups in total. The fourth-order valence-corrected chi connectivity index (χ4v) is 7.14. The quantitative estimate of drug-likeness (QED) is 0.188. The zero-order chi connectivity index (χ0) is 33.0. The second kappa shape index (κ2) is 11.4. The lowest BCUT2D eigenvalue weighted by Gasteiger charge is -2.12. The molecule has 0 radical (unpaired) electrons. The lowest BCUT2D eigenvalue weighted by atomic mass is 9.98. The van der Waals surface area contributed by atoms with Gasteiger partial charge in [-0.05, 0) is 52.6 Å². The van der Waals surface area contributed by atoms with Crippen LogP contribution in [0, 0.1) is 0 Å². The molecule has 0 aliphatic carbocycles. The monoisotopic (exact) mass is 640 g/mol. The Morgan fingerprint density at radius 2 is 0.980 bits per heavy atom. The molecule has 10 aromatic rings. The van der Waals surface area contributed by atoms with Crippen molar-refractivity contribution in [1.29, 1.82) is 0 Å². The van der Waals surface area contributed by atoms with Crippen molar-refractivity contribution in [2.45, 2.75) is 0 Å². The molecule has 0 unspecified atom stereocenters. The molecule has 234 valence electrons. The number of hydrogen-bond acceptors (Lipinski definition) is 4. The molecular formula is C45H28N4O. The summed E-state index contributed by atoms with van der Waals surface area (Å²) in [6.07, 6.45) is 0. The Morgan fingerprint density at radius 3 is 1.82 bits per heavy atom. The van der Waals surface area contributed by atoms with E-state index in [9.17, 15) is 0 Å². The standard InChI is InChI=1S/C45H28N4O/c1-3-13-29(14-4-1)31-17-11-18-32(27-31)33-25-26-35-34-19-7-9-22-38(34)49(39(35)28-33)45-47-43(30-15-5-2-6-16-30)46-44(48-45)37-21-12-24-41-42(37)36-20-8-10-23-40(36)50-41/h1-28H. The van der Waals surface area contributed by atoms with Crippen LogP contribution < -0.4 is 0 Å². The summed E-state index contributed by atoms with van der Waals surface area (Å²) in [4.78, 5) is 15.5. The molecule has 3 aromatic heterocycles. The van der Waals surface area contributed by atoms with Gasteiger partial charge in [0.25, 0.3) is 0 Å². The van der Waals surface area contributed by atoms with Crippen molar-refractivity contribution >= 4 is 43.7 Å². The van der Waals surface area contributed by atoms with E-state index < -0.39 is 0 Å². The van der Waals surface area contributed by atoms with Crippen LogP contribution >= 0.6 is 0 Å². The first-order chi connectivity index (χ1) is 24.8. The number of benzene rings is 7. The summed E-state index contributed by atoms with van der Waals surface area (Å²) in [5.41, 5.74) is 10.1. The Labute approximate surface area is 287 Å². The van der Waals surface area contributed by atoms with Crippen LogP contribution in [-0.2, 0) is 0 Å². The predicted molar refractivity (Wildman–Crippen MR) is 203 cm³/mol. The van der Waals surface area contributed by atoms with Gasteiger partial charge >= 0.3 is 0 Å². The first-order valence-corrected chi connectivity index (χ1v) is 16.7. The molecule has 50 heavy (non-hydrogen) atoms. The Bertz CT molecular complexity index is 2870. The number of hydrogen-bond donors (Lipinski definition) is 0. The van der Waals surface area contributed by atoms with Crippen molar-refractivity contribution in [2.75, 3.05) is 0 Å². The lowest BCUT2D eigenvalue weighted by Crippen LogP contribution is -2.06. The van der Waals surface area contributed by atoms with E-state index in [0.717, 1.165) is 66.0 Å². The summed E-state index contributed by atoms with van der Waals surface area (Å²) in [6.45, 7) is 0. The molecule has 0 saturated carbocycles. The summed E-state index contributed by atoms with van der Waals surface area (Å²) in [5, 5.41) is 4.29. The fourth-order valence-electron chi connectivity index (χ4n) is 7.14. The maximum Gasteiger partial charge on any atom is 0.238 e. The van der Waals surface area contributed by atoms with Gasteiger partial charge in [-0.25, -0.2) is 4.98 Å². The Hall–Kier alpha value is -6.85. The first-order valence-electron chi connectivity index (χ1n) is 16.7. The molecule has 0 amide bonds. The van der Waals surface area contributed by atoms with Gasteiger partial charge in [-0.3, -0.25) is 4.57 Å². The summed E-state index contributed by atoms with van der Waals surface area (Å²) in [5.74, 6) is 1.75. The molecule has 0 atom stereocenters. The molecule has 0 fully saturated rings. The number of nitrogens with zero attached hydrogens (tertiary/aromatic N) is 4. The van der Waals surface area contributed by atoms with E-state index in [1.165, 1.54) is 11.1 Å². The van der Waals surface area contributed by atoms with Gasteiger partial charge in [-0.15, -0.1) is 0 Å². The second-order valence-corrected chi connectivity index (χ2v) is 12.5. The predicted octanol–water partition coefficient (Wildman–Crippen LogP) is 11.5. The maximum absolute atomic E-state index is 6.26. The normalized spacial score (nSPS) is 11.6. The smallest absolute Gasteiger partial charge is 0.238 e. The van der Waals surface area contributed by atoms with Gasteiger partial charge in [0, 0.05) is 32.7 Å². The summed E-state index contributed by atoms with van der Waals surface area (Å²) in [6, 6.07) is 58.7. The molecule has 0 aliphatic heterocycles. The minimum atomic E-state index is 0.556. The number of aromatic nitrogens is 4. The third kappa shape index (κ3) is 4.60. The minimum Gasteiger partial charge on any atom is -0.456 e. The highest BCUT2D eigenvalue weighted by atomic mass is 16.3. The Balaban J connectivity index is 1.24. The number of furan rings is 1. The van der Waals surface area contributed by atoms with Crippen molar-refractivity contribution in [3.8, 4) is 51.0 Å². The van der Waals surface area contributed by atoms with Crippen molar-refractivity contribution in [1.82, 2.24) is 19.5 Å². The van der Waals surface area contributed by atoms with Crippen LogP contribution in [0.3, 0.4) is 0 Å². The Morgan fingerprint density at radius 1 is 0.380 bits per heavy atom. The van der Waals surface area contributed by atoms with Crippen LogP contribution in [0.2, 0.25) is 0 Å². The highest BCUT2D eigenvalue weighted by Gasteiger charge is 2.20. The van der Waals surface area contributed by atoms with E-state index >= 15 is 0 Å². The largest absolute Gasteiger partial charge is 0.456 e. The number of fused-ring (bicyclic) bond motifs is 6. The highest BCUT2D eigenvalue weighted by molar-refractivity contribution is 6.12. The molecule has 5 nitrogen and oxygen atoms in total. The van der Waals surface area contributed by atoms with E-state index in [4.69, 9.17) is 19.4 Å². The minimum absolute atomic E-state index is 0.556.